The number of hydrogen-bond acceptors (Lipinski definition) is 7. The Labute approximate surface area is 156 Å². The van der Waals surface area contributed by atoms with E-state index in [2.05, 4.69) is 0 Å². The summed E-state index contributed by atoms with van der Waals surface area (Å²) in [5.41, 5.74) is 0.674. The van der Waals surface area contributed by atoms with E-state index in [-0.39, 0.29) is 35.0 Å². The Balaban J connectivity index is 2.48. The Morgan fingerprint density at radius 3 is 2.04 bits per heavy atom. The second-order valence-corrected chi connectivity index (χ2v) is 8.01. The molecule has 0 spiro atoms. The predicted octanol–water partition coefficient (Wildman–Crippen LogP) is 1.90. The van der Waals surface area contributed by atoms with E-state index in [0.717, 1.165) is 0 Å². The Morgan fingerprint density at radius 1 is 1.00 bits per heavy atom. The van der Waals surface area contributed by atoms with E-state index in [1.165, 1.54) is 44.6 Å². The molecule has 1 atom stereocenters. The molecule has 0 saturated heterocycles. The number of aliphatic carboxylic acids is 1. The molecule has 27 heavy (non-hydrogen) atoms. The Hall–Kier alpha value is -2.94. The van der Waals surface area contributed by atoms with E-state index in [4.69, 9.17) is 14.6 Å². The van der Waals surface area contributed by atoms with Gasteiger partial charge in [0.25, 0.3) is 0 Å². The third-order valence-electron chi connectivity index (χ3n) is 4.00. The van der Waals surface area contributed by atoms with Crippen molar-refractivity contribution in [1.82, 2.24) is 0 Å². The van der Waals surface area contributed by atoms with Crippen molar-refractivity contribution in [2.75, 3.05) is 20.0 Å². The lowest BCUT2D eigenvalue weighted by Crippen LogP contribution is -2.23. The lowest BCUT2D eigenvalue weighted by atomic mass is 10.0. The highest BCUT2D eigenvalue weighted by atomic mass is 32.2. The van der Waals surface area contributed by atoms with Crippen LogP contribution in [0.5, 0.6) is 23.0 Å². The summed E-state index contributed by atoms with van der Waals surface area (Å²) >= 11 is 0. The van der Waals surface area contributed by atoms with Gasteiger partial charge in [0.15, 0.2) is 32.8 Å². The zero-order chi connectivity index (χ0) is 20.2. The van der Waals surface area contributed by atoms with Gasteiger partial charge in [0, 0.05) is 0 Å². The summed E-state index contributed by atoms with van der Waals surface area (Å²) in [4.78, 5) is 11.0. The van der Waals surface area contributed by atoms with Crippen molar-refractivity contribution < 1.29 is 38.0 Å². The maximum atomic E-state index is 12.6. The van der Waals surface area contributed by atoms with Crippen molar-refractivity contribution in [1.29, 1.82) is 0 Å². The van der Waals surface area contributed by atoms with Gasteiger partial charge in [-0.05, 0) is 41.8 Å². The summed E-state index contributed by atoms with van der Waals surface area (Å²) in [7, 11) is -1.36. The summed E-state index contributed by atoms with van der Waals surface area (Å²) in [6, 6.07) is 8.49. The van der Waals surface area contributed by atoms with Gasteiger partial charge < -0.3 is 24.8 Å². The van der Waals surface area contributed by atoms with Gasteiger partial charge in [-0.2, -0.15) is 0 Å². The fraction of sp³-hybridized carbons (Fsp3) is 0.278. The van der Waals surface area contributed by atoms with Crippen LogP contribution >= 0.6 is 0 Å². The van der Waals surface area contributed by atoms with Crippen molar-refractivity contribution in [3.8, 4) is 23.0 Å². The molecule has 2 rings (SSSR count). The third-order valence-corrected chi connectivity index (χ3v) is 5.95. The first-order valence-electron chi connectivity index (χ1n) is 7.84. The number of carboxylic acid groups (broad SMARTS) is 1. The molecule has 0 aliphatic carbocycles. The Morgan fingerprint density at radius 2 is 1.56 bits per heavy atom. The van der Waals surface area contributed by atoms with Crippen LogP contribution in [0.2, 0.25) is 0 Å². The first-order valence-corrected chi connectivity index (χ1v) is 9.55. The smallest absolute Gasteiger partial charge is 0.318 e. The van der Waals surface area contributed by atoms with E-state index in [0.29, 0.717) is 5.56 Å². The number of phenols is 2. The maximum absolute atomic E-state index is 12.6. The van der Waals surface area contributed by atoms with Crippen LogP contribution in [0.4, 0.5) is 0 Å². The highest BCUT2D eigenvalue weighted by molar-refractivity contribution is 7.92. The number of aromatic hydroxyl groups is 2. The number of benzene rings is 2. The number of phenolic OH excluding ortho intramolecular Hbond substituents is 2. The number of rotatable bonds is 8. The molecule has 2 aromatic carbocycles. The van der Waals surface area contributed by atoms with Crippen molar-refractivity contribution in [3.05, 3.63) is 47.5 Å². The van der Waals surface area contributed by atoms with Gasteiger partial charge in [-0.3, -0.25) is 4.79 Å². The van der Waals surface area contributed by atoms with Gasteiger partial charge in [0.05, 0.1) is 19.5 Å². The number of methoxy groups -OCH3 is 2. The molecule has 1 unspecified atom stereocenters. The largest absolute Gasteiger partial charge is 0.504 e. The van der Waals surface area contributed by atoms with Crippen LogP contribution in [0, 0.1) is 0 Å². The molecule has 0 radical (unpaired) electrons. The van der Waals surface area contributed by atoms with Crippen molar-refractivity contribution in [3.63, 3.8) is 0 Å². The second kappa shape index (κ2) is 8.17. The van der Waals surface area contributed by atoms with E-state index in [1.807, 2.05) is 0 Å². The number of carbonyl (C=O) groups is 1. The average Bonchev–Trinajstić information content (AvgIpc) is 2.58. The summed E-state index contributed by atoms with van der Waals surface area (Å²) in [5.74, 6) is -2.58. The van der Waals surface area contributed by atoms with Gasteiger partial charge in [-0.15, -0.1) is 0 Å². The molecule has 0 aliphatic heterocycles. The molecule has 2 aromatic rings. The molecule has 146 valence electrons. The van der Waals surface area contributed by atoms with Gasteiger partial charge in [-0.1, -0.05) is 12.1 Å². The molecule has 8 nitrogen and oxygen atoms in total. The maximum Gasteiger partial charge on any atom is 0.318 e. The molecule has 0 heterocycles. The molecule has 0 aliphatic rings. The topological polar surface area (TPSA) is 130 Å². The second-order valence-electron chi connectivity index (χ2n) is 5.83. The monoisotopic (exact) mass is 396 g/mol. The predicted molar refractivity (Wildman–Crippen MR) is 97.2 cm³/mol. The van der Waals surface area contributed by atoms with E-state index in [1.54, 1.807) is 6.07 Å². The minimum absolute atomic E-state index is 0.0983. The molecular formula is C18H20O8S. The molecule has 0 aromatic heterocycles. The lowest BCUT2D eigenvalue weighted by molar-refractivity contribution is -0.134. The van der Waals surface area contributed by atoms with Crippen LogP contribution < -0.4 is 9.47 Å². The van der Waals surface area contributed by atoms with Crippen molar-refractivity contribution >= 4 is 15.8 Å². The SMILES string of the molecule is COc1ccc(CC(c2ccc(OC)c(O)c2)S(=O)(=O)CC(=O)O)cc1O. The van der Waals surface area contributed by atoms with E-state index < -0.39 is 26.8 Å². The van der Waals surface area contributed by atoms with Gasteiger partial charge >= 0.3 is 5.97 Å². The molecule has 3 N–H and O–H groups in total. The Kier molecular flexibility index (Phi) is 6.17. The highest BCUT2D eigenvalue weighted by Gasteiger charge is 2.30. The van der Waals surface area contributed by atoms with Crippen LogP contribution in [-0.4, -0.2) is 49.7 Å². The molecule has 9 heteroatoms. The highest BCUT2D eigenvalue weighted by Crippen LogP contribution is 2.35. The number of carboxylic acids is 1. The zero-order valence-electron chi connectivity index (χ0n) is 14.7. The van der Waals surface area contributed by atoms with Crippen molar-refractivity contribution in [2.45, 2.75) is 11.7 Å². The molecule has 0 amide bonds. The summed E-state index contributed by atoms with van der Waals surface area (Å²) in [6.07, 6.45) is -0.0983. The van der Waals surface area contributed by atoms with Crippen LogP contribution in [0.15, 0.2) is 36.4 Å². The third kappa shape index (κ3) is 4.82. The van der Waals surface area contributed by atoms with Crippen molar-refractivity contribution in [2.24, 2.45) is 0 Å². The minimum atomic E-state index is -4.10. The van der Waals surface area contributed by atoms with Crippen LogP contribution in [0.3, 0.4) is 0 Å². The zero-order valence-corrected chi connectivity index (χ0v) is 15.6. The Bertz CT molecular complexity index is 936. The molecule has 0 saturated carbocycles. The standard InChI is InChI=1S/C18H20O8S/c1-25-15-5-3-11(7-13(15)19)8-17(27(23,24)10-18(21)22)12-4-6-16(26-2)14(20)9-12/h3-7,9,17,19-20H,8,10H2,1-2H3,(H,21,22). The summed E-state index contributed by atoms with van der Waals surface area (Å²) in [5, 5.41) is 27.6. The van der Waals surface area contributed by atoms with Crippen LogP contribution in [0.1, 0.15) is 16.4 Å². The summed E-state index contributed by atoms with van der Waals surface area (Å²) < 4.78 is 35.2. The molecule has 0 fully saturated rings. The fourth-order valence-electron chi connectivity index (χ4n) is 2.71. The normalized spacial score (nSPS) is 12.4. The lowest BCUT2D eigenvalue weighted by Gasteiger charge is -2.19. The number of sulfone groups is 1. The first kappa shape index (κ1) is 20.4. The van der Waals surface area contributed by atoms with E-state index >= 15 is 0 Å². The van der Waals surface area contributed by atoms with Gasteiger partial charge in [0.1, 0.15) is 5.75 Å². The first-order chi connectivity index (χ1) is 12.7. The molecule has 0 bridgehead atoms. The average molecular weight is 396 g/mol. The molecular weight excluding hydrogens is 376 g/mol. The van der Waals surface area contributed by atoms with E-state index in [9.17, 15) is 23.4 Å². The number of hydrogen-bond donors (Lipinski definition) is 3. The van der Waals surface area contributed by atoms with Crippen LogP contribution in [-0.2, 0) is 21.1 Å². The van der Waals surface area contributed by atoms with Gasteiger partial charge in [0.2, 0.25) is 0 Å². The van der Waals surface area contributed by atoms with Gasteiger partial charge in [-0.25, -0.2) is 8.42 Å². The quantitative estimate of drug-likeness (QED) is 0.617. The summed E-state index contributed by atoms with van der Waals surface area (Å²) in [6.45, 7) is 0. The number of ether oxygens (including phenoxy) is 2. The fourth-order valence-corrected chi connectivity index (χ4v) is 4.26. The minimum Gasteiger partial charge on any atom is -0.504 e. The van der Waals surface area contributed by atoms with Crippen LogP contribution in [0.25, 0.3) is 0 Å².